The Labute approximate surface area is 132 Å². The molecule has 2 aromatic carbocycles. The molecule has 0 fully saturated rings. The first-order valence-electron chi connectivity index (χ1n) is 6.55. The molecule has 4 nitrogen and oxygen atoms in total. The molecule has 8 heteroatoms. The van der Waals surface area contributed by atoms with Crippen LogP contribution >= 0.6 is 0 Å². The Kier molecular flexibility index (Phi) is 4.84. The van der Waals surface area contributed by atoms with Crippen LogP contribution in [0.4, 0.5) is 18.9 Å². The highest BCUT2D eigenvalue weighted by atomic mass is 32.2. The second kappa shape index (κ2) is 6.49. The van der Waals surface area contributed by atoms with Crippen LogP contribution in [0.2, 0.25) is 0 Å². The van der Waals surface area contributed by atoms with Crippen LogP contribution < -0.4 is 9.46 Å². The number of anilines is 1. The minimum absolute atomic E-state index is 0.000564. The van der Waals surface area contributed by atoms with Crippen molar-refractivity contribution in [3.63, 3.8) is 0 Å². The van der Waals surface area contributed by atoms with Crippen molar-refractivity contribution in [2.24, 2.45) is 0 Å². The van der Waals surface area contributed by atoms with Gasteiger partial charge in [0.2, 0.25) is 0 Å². The summed E-state index contributed by atoms with van der Waals surface area (Å²) in [4.78, 5) is 0.0977. The number of hydrogen-bond acceptors (Lipinski definition) is 3. The SMILES string of the molecule is Cc1ccc(S(=O)(=O)Nc2ccc(OCC(F)(F)F)cc2)cc1. The number of alkyl halides is 3. The largest absolute Gasteiger partial charge is 0.484 e. The normalized spacial score (nSPS) is 12.0. The van der Waals surface area contributed by atoms with Gasteiger partial charge in [0.1, 0.15) is 5.75 Å². The fraction of sp³-hybridized carbons (Fsp3) is 0.200. The number of sulfonamides is 1. The predicted octanol–water partition coefficient (Wildman–Crippen LogP) is 3.74. The summed E-state index contributed by atoms with van der Waals surface area (Å²) < 4.78 is 67.4. The lowest BCUT2D eigenvalue weighted by atomic mass is 10.2. The van der Waals surface area contributed by atoms with Gasteiger partial charge in [0.05, 0.1) is 4.90 Å². The molecule has 0 radical (unpaired) electrons. The van der Waals surface area contributed by atoms with E-state index in [9.17, 15) is 21.6 Å². The van der Waals surface area contributed by atoms with Gasteiger partial charge in [0, 0.05) is 5.69 Å². The van der Waals surface area contributed by atoms with Crippen molar-refractivity contribution in [1.29, 1.82) is 0 Å². The average Bonchev–Trinajstić information content (AvgIpc) is 2.46. The van der Waals surface area contributed by atoms with Gasteiger partial charge in [0.15, 0.2) is 6.61 Å². The zero-order valence-electron chi connectivity index (χ0n) is 12.1. The van der Waals surface area contributed by atoms with Crippen molar-refractivity contribution in [1.82, 2.24) is 0 Å². The van der Waals surface area contributed by atoms with Crippen molar-refractivity contribution in [2.75, 3.05) is 11.3 Å². The summed E-state index contributed by atoms with van der Waals surface area (Å²) in [5.41, 5.74) is 1.15. The highest BCUT2D eigenvalue weighted by molar-refractivity contribution is 7.92. The number of ether oxygens (including phenoxy) is 1. The van der Waals surface area contributed by atoms with Crippen molar-refractivity contribution < 1.29 is 26.3 Å². The molecule has 0 aromatic heterocycles. The highest BCUT2D eigenvalue weighted by Gasteiger charge is 2.28. The number of hydrogen-bond donors (Lipinski definition) is 1. The maximum atomic E-state index is 12.2. The smallest absolute Gasteiger partial charge is 0.422 e. The Morgan fingerprint density at radius 3 is 2.09 bits per heavy atom. The highest BCUT2D eigenvalue weighted by Crippen LogP contribution is 2.22. The van der Waals surface area contributed by atoms with Crippen LogP contribution in [0, 0.1) is 6.92 Å². The summed E-state index contributed by atoms with van der Waals surface area (Å²) in [5, 5.41) is 0. The number of benzene rings is 2. The third-order valence-corrected chi connectivity index (χ3v) is 4.24. The Hall–Kier alpha value is -2.22. The molecule has 0 atom stereocenters. The molecule has 0 aliphatic carbocycles. The van der Waals surface area contributed by atoms with Crippen molar-refractivity contribution in [2.45, 2.75) is 18.0 Å². The summed E-state index contributed by atoms with van der Waals surface area (Å²) in [6.45, 7) is 0.435. The number of nitrogens with one attached hydrogen (secondary N) is 1. The molecular weight excluding hydrogens is 331 g/mol. The molecule has 0 saturated carbocycles. The van der Waals surface area contributed by atoms with Crippen LogP contribution in [-0.2, 0) is 10.0 Å². The van der Waals surface area contributed by atoms with E-state index in [0.717, 1.165) is 5.56 Å². The predicted molar refractivity (Wildman–Crippen MR) is 80.0 cm³/mol. The average molecular weight is 345 g/mol. The fourth-order valence-corrected chi connectivity index (χ4v) is 2.77. The lowest BCUT2D eigenvalue weighted by Gasteiger charge is -2.11. The molecule has 2 rings (SSSR count). The summed E-state index contributed by atoms with van der Waals surface area (Å²) in [7, 11) is -3.75. The van der Waals surface area contributed by atoms with Crippen molar-refractivity contribution >= 4 is 15.7 Å². The van der Waals surface area contributed by atoms with E-state index >= 15 is 0 Å². The van der Waals surface area contributed by atoms with Gasteiger partial charge in [0.25, 0.3) is 10.0 Å². The third-order valence-electron chi connectivity index (χ3n) is 2.84. The molecule has 0 bridgehead atoms. The Morgan fingerprint density at radius 2 is 1.57 bits per heavy atom. The van der Waals surface area contributed by atoms with Gasteiger partial charge in [-0.15, -0.1) is 0 Å². The van der Waals surface area contributed by atoms with Gasteiger partial charge in [-0.1, -0.05) is 17.7 Å². The zero-order valence-corrected chi connectivity index (χ0v) is 12.9. The lowest BCUT2D eigenvalue weighted by molar-refractivity contribution is -0.153. The molecule has 2 aromatic rings. The zero-order chi connectivity index (χ0) is 17.1. The van der Waals surface area contributed by atoms with Crippen LogP contribution in [0.5, 0.6) is 5.75 Å². The molecule has 0 saturated heterocycles. The molecule has 0 spiro atoms. The van der Waals surface area contributed by atoms with Gasteiger partial charge >= 0.3 is 6.18 Å². The Bertz CT molecular complexity index is 754. The van der Waals surface area contributed by atoms with E-state index in [0.29, 0.717) is 0 Å². The summed E-state index contributed by atoms with van der Waals surface area (Å²) in [6.07, 6.45) is -4.42. The summed E-state index contributed by atoms with van der Waals surface area (Å²) in [5.74, 6) is 0.000564. The van der Waals surface area contributed by atoms with Gasteiger partial charge in [-0.3, -0.25) is 4.72 Å². The topological polar surface area (TPSA) is 55.4 Å². The van der Waals surface area contributed by atoms with Gasteiger partial charge < -0.3 is 4.74 Å². The van der Waals surface area contributed by atoms with Crippen LogP contribution in [0.15, 0.2) is 53.4 Å². The van der Waals surface area contributed by atoms with E-state index in [4.69, 9.17) is 0 Å². The standard InChI is InChI=1S/C15H14F3NO3S/c1-11-2-8-14(9-3-11)23(20,21)19-12-4-6-13(7-5-12)22-10-15(16,17)18/h2-9,19H,10H2,1H3. The van der Waals surface area contributed by atoms with E-state index in [1.165, 1.54) is 36.4 Å². The molecule has 23 heavy (non-hydrogen) atoms. The van der Waals surface area contributed by atoms with E-state index in [1.807, 2.05) is 6.92 Å². The number of rotatable bonds is 5. The maximum Gasteiger partial charge on any atom is 0.422 e. The number of halogens is 3. The molecule has 0 unspecified atom stereocenters. The number of aryl methyl sites for hydroxylation is 1. The van der Waals surface area contributed by atoms with E-state index in [-0.39, 0.29) is 16.3 Å². The maximum absolute atomic E-state index is 12.2. The monoisotopic (exact) mass is 345 g/mol. The summed E-state index contributed by atoms with van der Waals surface area (Å²) >= 11 is 0. The fourth-order valence-electron chi connectivity index (χ4n) is 1.72. The molecule has 0 aliphatic heterocycles. The van der Waals surface area contributed by atoms with Gasteiger partial charge in [-0.2, -0.15) is 13.2 Å². The van der Waals surface area contributed by atoms with Crippen LogP contribution in [0.25, 0.3) is 0 Å². The first kappa shape index (κ1) is 17.1. The molecule has 0 amide bonds. The molecule has 0 aliphatic rings. The second-order valence-corrected chi connectivity index (χ2v) is 6.53. The van der Waals surface area contributed by atoms with E-state index < -0.39 is 22.8 Å². The first-order chi connectivity index (χ1) is 10.7. The Morgan fingerprint density at radius 1 is 1.00 bits per heavy atom. The van der Waals surface area contributed by atoms with Crippen molar-refractivity contribution in [3.05, 3.63) is 54.1 Å². The quantitative estimate of drug-likeness (QED) is 0.898. The van der Waals surface area contributed by atoms with Gasteiger partial charge in [-0.25, -0.2) is 8.42 Å². The molecular formula is C15H14F3NO3S. The van der Waals surface area contributed by atoms with E-state index in [2.05, 4.69) is 9.46 Å². The van der Waals surface area contributed by atoms with Crippen molar-refractivity contribution in [3.8, 4) is 5.75 Å². The minimum atomic E-state index is -4.42. The molecule has 1 N–H and O–H groups in total. The van der Waals surface area contributed by atoms with Crippen LogP contribution in [0.1, 0.15) is 5.56 Å². The summed E-state index contributed by atoms with van der Waals surface area (Å²) in [6, 6.07) is 11.5. The molecule has 124 valence electrons. The lowest BCUT2D eigenvalue weighted by Crippen LogP contribution is -2.19. The van der Waals surface area contributed by atoms with E-state index in [1.54, 1.807) is 12.1 Å². The van der Waals surface area contributed by atoms with Gasteiger partial charge in [-0.05, 0) is 43.3 Å². The molecule has 0 heterocycles. The third kappa shape index (κ3) is 5.17. The van der Waals surface area contributed by atoms with Crippen LogP contribution in [-0.4, -0.2) is 21.2 Å². The minimum Gasteiger partial charge on any atom is -0.484 e. The Balaban J connectivity index is 2.07. The van der Waals surface area contributed by atoms with Crippen LogP contribution in [0.3, 0.4) is 0 Å². The second-order valence-electron chi connectivity index (χ2n) is 4.85. The first-order valence-corrected chi connectivity index (χ1v) is 8.03.